The van der Waals surface area contributed by atoms with Crippen LogP contribution in [0.2, 0.25) is 0 Å². The Morgan fingerprint density at radius 1 is 1.04 bits per heavy atom. The van der Waals surface area contributed by atoms with Crippen molar-refractivity contribution in [2.24, 2.45) is 0 Å². The van der Waals surface area contributed by atoms with Crippen molar-refractivity contribution in [1.29, 1.82) is 0 Å². The van der Waals surface area contributed by atoms with Gasteiger partial charge < -0.3 is 9.64 Å². The molecule has 0 saturated carbocycles. The lowest BCUT2D eigenvalue weighted by Crippen LogP contribution is -2.36. The van der Waals surface area contributed by atoms with Crippen LogP contribution in [-0.4, -0.2) is 13.2 Å². The zero-order valence-corrected chi connectivity index (χ0v) is 16.8. The molecule has 1 aliphatic heterocycles. The second-order valence-corrected chi connectivity index (χ2v) is 7.78. The molecule has 0 aromatic heterocycles. The molecule has 0 atom stereocenters. The summed E-state index contributed by atoms with van der Waals surface area (Å²) in [6, 6.07) is 8.38. The van der Waals surface area contributed by atoms with Gasteiger partial charge in [0.1, 0.15) is 0 Å². The van der Waals surface area contributed by atoms with E-state index in [1.165, 1.54) is 11.3 Å². The smallest absolute Gasteiger partial charge is 0.268 e. The highest BCUT2D eigenvalue weighted by molar-refractivity contribution is 5.77. The van der Waals surface area contributed by atoms with Crippen LogP contribution in [0, 0.1) is 0 Å². The molecule has 0 spiro atoms. The van der Waals surface area contributed by atoms with Crippen LogP contribution >= 0.6 is 0 Å². The minimum Gasteiger partial charge on any atom is -0.489 e. The second-order valence-electron chi connectivity index (χ2n) is 7.78. The number of anilines is 1. The van der Waals surface area contributed by atoms with E-state index >= 15 is 0 Å². The molecule has 27 heavy (non-hydrogen) atoms. The zero-order chi connectivity index (χ0) is 19.6. The molecule has 0 fully saturated rings. The number of rotatable bonds is 8. The summed E-state index contributed by atoms with van der Waals surface area (Å²) in [7, 11) is 0. The summed E-state index contributed by atoms with van der Waals surface area (Å²) in [5, 5.41) is 0. The standard InChI is InChI=1S/C23H29NO3/c1-5-7-13-24-18-12-10-9-11-17(18)23(3,4)19(24)15-16-20(25)21(26)22(16)27-14-8-6-2/h9-12,15H,5-8,13-14H2,1-4H3/b19-15+. The highest BCUT2D eigenvalue weighted by atomic mass is 16.5. The Bertz CT molecular complexity index is 916. The molecule has 0 saturated heterocycles. The van der Waals surface area contributed by atoms with Gasteiger partial charge in [-0.15, -0.1) is 0 Å². The number of ether oxygens (including phenoxy) is 1. The predicted molar refractivity (Wildman–Crippen MR) is 111 cm³/mol. The number of unbranched alkanes of at least 4 members (excludes halogenated alkanes) is 2. The molecule has 1 aliphatic rings. The number of benzene rings is 1. The number of hydrogen-bond acceptors (Lipinski definition) is 4. The number of fused-ring (bicyclic) bond motifs is 1. The van der Waals surface area contributed by atoms with E-state index in [1.807, 2.05) is 12.1 Å². The van der Waals surface area contributed by atoms with E-state index in [2.05, 4.69) is 50.8 Å². The number of para-hydroxylation sites is 1. The molecule has 0 N–H and O–H groups in total. The lowest BCUT2D eigenvalue weighted by molar-refractivity contribution is 0.302. The summed E-state index contributed by atoms with van der Waals surface area (Å²) >= 11 is 0. The van der Waals surface area contributed by atoms with Gasteiger partial charge in [0.05, 0.1) is 12.2 Å². The maximum Gasteiger partial charge on any atom is 0.268 e. The first-order valence-corrected chi connectivity index (χ1v) is 9.98. The van der Waals surface area contributed by atoms with E-state index < -0.39 is 10.9 Å². The van der Waals surface area contributed by atoms with E-state index in [0.717, 1.165) is 37.9 Å². The van der Waals surface area contributed by atoms with Crippen molar-refractivity contribution in [3.8, 4) is 5.75 Å². The molecule has 0 bridgehead atoms. The number of hydrogen-bond donors (Lipinski definition) is 0. The first-order chi connectivity index (χ1) is 12.9. The maximum absolute atomic E-state index is 12.2. The molecule has 4 heteroatoms. The summed E-state index contributed by atoms with van der Waals surface area (Å²) in [5.41, 5.74) is 2.76. The Balaban J connectivity index is 2.03. The Kier molecular flexibility index (Phi) is 5.54. The third kappa shape index (κ3) is 3.33. The summed E-state index contributed by atoms with van der Waals surface area (Å²) < 4.78 is 5.63. The van der Waals surface area contributed by atoms with Crippen LogP contribution in [0.4, 0.5) is 5.69 Å². The highest BCUT2D eigenvalue weighted by Gasteiger charge is 2.40. The Hall–Kier alpha value is -2.36. The quantitative estimate of drug-likeness (QED) is 0.512. The molecule has 0 radical (unpaired) electrons. The van der Waals surface area contributed by atoms with Gasteiger partial charge >= 0.3 is 0 Å². The molecule has 0 aliphatic carbocycles. The van der Waals surface area contributed by atoms with Gasteiger partial charge in [0, 0.05) is 23.3 Å². The Morgan fingerprint density at radius 3 is 2.44 bits per heavy atom. The van der Waals surface area contributed by atoms with Crippen LogP contribution in [0.3, 0.4) is 0 Å². The van der Waals surface area contributed by atoms with E-state index in [-0.39, 0.29) is 11.2 Å². The molecular formula is C23H29NO3. The van der Waals surface area contributed by atoms with Gasteiger partial charge in [-0.1, -0.05) is 58.7 Å². The van der Waals surface area contributed by atoms with Crippen LogP contribution < -0.4 is 20.5 Å². The van der Waals surface area contributed by atoms with E-state index in [0.29, 0.717) is 12.2 Å². The van der Waals surface area contributed by atoms with Gasteiger partial charge in [0.25, 0.3) is 5.43 Å². The van der Waals surface area contributed by atoms with Gasteiger partial charge in [-0.25, -0.2) is 0 Å². The van der Waals surface area contributed by atoms with Crippen molar-refractivity contribution in [3.63, 3.8) is 0 Å². The van der Waals surface area contributed by atoms with Crippen molar-refractivity contribution >= 4 is 11.8 Å². The van der Waals surface area contributed by atoms with Crippen LogP contribution in [0.25, 0.3) is 6.08 Å². The SMILES string of the molecule is CCCCOc1c(/C=C2/N(CCCC)c3ccccc3C2(C)C)c(=O)c1=O. The Morgan fingerprint density at radius 2 is 1.74 bits per heavy atom. The highest BCUT2D eigenvalue weighted by Crippen LogP contribution is 2.48. The monoisotopic (exact) mass is 367 g/mol. The minimum absolute atomic E-state index is 0.231. The third-order valence-corrected chi connectivity index (χ3v) is 5.46. The van der Waals surface area contributed by atoms with Crippen molar-refractivity contribution in [2.45, 2.75) is 58.8 Å². The number of nitrogens with zero attached hydrogens (tertiary/aromatic N) is 1. The molecule has 2 aromatic carbocycles. The fraction of sp³-hybridized carbons (Fsp3) is 0.478. The van der Waals surface area contributed by atoms with Crippen LogP contribution in [0.5, 0.6) is 5.75 Å². The van der Waals surface area contributed by atoms with Crippen LogP contribution in [-0.2, 0) is 5.41 Å². The third-order valence-electron chi connectivity index (χ3n) is 5.46. The average molecular weight is 367 g/mol. The fourth-order valence-electron chi connectivity index (χ4n) is 3.78. The lowest BCUT2D eigenvalue weighted by atomic mass is 9.83. The summed E-state index contributed by atoms with van der Waals surface area (Å²) in [4.78, 5) is 26.5. The van der Waals surface area contributed by atoms with Gasteiger partial charge in [0.15, 0.2) is 5.75 Å². The van der Waals surface area contributed by atoms with E-state index in [4.69, 9.17) is 4.74 Å². The van der Waals surface area contributed by atoms with Crippen molar-refractivity contribution in [1.82, 2.24) is 0 Å². The number of allylic oxidation sites excluding steroid dienone is 1. The molecule has 144 valence electrons. The summed E-state index contributed by atoms with van der Waals surface area (Å²) in [6.45, 7) is 9.95. The first kappa shape index (κ1) is 19.4. The van der Waals surface area contributed by atoms with Crippen molar-refractivity contribution in [3.05, 3.63) is 61.5 Å². The maximum atomic E-state index is 12.2. The molecular weight excluding hydrogens is 338 g/mol. The van der Waals surface area contributed by atoms with Crippen LogP contribution in [0.15, 0.2) is 39.6 Å². The second kappa shape index (κ2) is 7.71. The molecule has 0 unspecified atom stereocenters. The van der Waals surface area contributed by atoms with E-state index in [1.54, 1.807) is 0 Å². The van der Waals surface area contributed by atoms with Crippen molar-refractivity contribution < 1.29 is 4.74 Å². The molecule has 3 rings (SSSR count). The minimum atomic E-state index is -0.494. The van der Waals surface area contributed by atoms with Gasteiger partial charge in [0.2, 0.25) is 5.43 Å². The van der Waals surface area contributed by atoms with Crippen LogP contribution in [0.1, 0.15) is 64.5 Å². The van der Waals surface area contributed by atoms with Gasteiger partial charge in [-0.05, 0) is 30.5 Å². The average Bonchev–Trinajstić information content (AvgIpc) is 2.88. The van der Waals surface area contributed by atoms with Gasteiger partial charge in [-0.2, -0.15) is 0 Å². The largest absolute Gasteiger partial charge is 0.489 e. The molecule has 4 nitrogen and oxygen atoms in total. The normalized spacial score (nSPS) is 16.9. The Labute approximate surface area is 161 Å². The molecule has 2 aromatic rings. The lowest BCUT2D eigenvalue weighted by Gasteiger charge is -2.27. The first-order valence-electron chi connectivity index (χ1n) is 9.98. The predicted octanol–water partition coefficient (Wildman–Crippen LogP) is 4.40. The van der Waals surface area contributed by atoms with Gasteiger partial charge in [-0.3, -0.25) is 9.59 Å². The summed E-state index contributed by atoms with van der Waals surface area (Å²) in [5.74, 6) is 0.239. The fourth-order valence-corrected chi connectivity index (χ4v) is 3.78. The van der Waals surface area contributed by atoms with E-state index in [9.17, 15) is 9.59 Å². The zero-order valence-electron chi connectivity index (χ0n) is 16.8. The summed E-state index contributed by atoms with van der Waals surface area (Å²) in [6.07, 6.45) is 5.90. The topological polar surface area (TPSA) is 46.6 Å². The molecule has 1 heterocycles. The van der Waals surface area contributed by atoms with Crippen molar-refractivity contribution in [2.75, 3.05) is 18.1 Å². The molecule has 0 amide bonds.